The van der Waals surface area contributed by atoms with Crippen molar-refractivity contribution in [3.05, 3.63) is 24.3 Å². The number of hydrogen-bond acceptors (Lipinski definition) is 3. The summed E-state index contributed by atoms with van der Waals surface area (Å²) in [7, 11) is 0. The molecule has 1 amide bonds. The van der Waals surface area contributed by atoms with Crippen LogP contribution in [0.25, 0.3) is 0 Å². The highest BCUT2D eigenvalue weighted by Gasteiger charge is 2.15. The summed E-state index contributed by atoms with van der Waals surface area (Å²) in [6.45, 7) is 5.20. The van der Waals surface area contributed by atoms with Crippen LogP contribution in [0.15, 0.2) is 24.3 Å². The van der Waals surface area contributed by atoms with Gasteiger partial charge in [-0.25, -0.2) is 0 Å². The lowest BCUT2D eigenvalue weighted by Gasteiger charge is -2.14. The van der Waals surface area contributed by atoms with Crippen molar-refractivity contribution in [2.75, 3.05) is 18.5 Å². The van der Waals surface area contributed by atoms with Crippen LogP contribution in [0.1, 0.15) is 39.5 Å². The summed E-state index contributed by atoms with van der Waals surface area (Å²) in [5, 5.41) is 2.97. The molecule has 0 aromatic heterocycles. The summed E-state index contributed by atoms with van der Waals surface area (Å²) in [4.78, 5) is 12.1. The maximum Gasteiger partial charge on any atom is 0.227 e. The van der Waals surface area contributed by atoms with Crippen molar-refractivity contribution < 1.29 is 9.53 Å². The lowest BCUT2D eigenvalue weighted by atomic mass is 9.98. The van der Waals surface area contributed by atoms with Crippen LogP contribution in [0.2, 0.25) is 0 Å². The lowest BCUT2D eigenvalue weighted by Crippen LogP contribution is -2.22. The van der Waals surface area contributed by atoms with Gasteiger partial charge >= 0.3 is 0 Å². The Morgan fingerprint density at radius 3 is 2.55 bits per heavy atom. The lowest BCUT2D eigenvalue weighted by molar-refractivity contribution is -0.120. The van der Waals surface area contributed by atoms with E-state index in [2.05, 4.69) is 19.2 Å². The van der Waals surface area contributed by atoms with E-state index in [9.17, 15) is 4.79 Å². The van der Waals surface area contributed by atoms with Gasteiger partial charge in [-0.2, -0.15) is 0 Å². The molecular formula is C16H26N2O2. The maximum absolute atomic E-state index is 12.1. The van der Waals surface area contributed by atoms with Crippen molar-refractivity contribution in [2.45, 2.75) is 39.5 Å². The first-order valence-electron chi connectivity index (χ1n) is 7.45. The molecule has 112 valence electrons. The van der Waals surface area contributed by atoms with Crippen molar-refractivity contribution in [1.29, 1.82) is 0 Å². The van der Waals surface area contributed by atoms with E-state index in [1.807, 2.05) is 24.3 Å². The first-order valence-corrected chi connectivity index (χ1v) is 7.45. The third-order valence-electron chi connectivity index (χ3n) is 3.28. The Labute approximate surface area is 121 Å². The number of carbonyl (C=O) groups is 1. The van der Waals surface area contributed by atoms with Gasteiger partial charge in [-0.1, -0.05) is 26.7 Å². The van der Waals surface area contributed by atoms with E-state index in [-0.39, 0.29) is 11.8 Å². The maximum atomic E-state index is 12.1. The van der Waals surface area contributed by atoms with Crippen LogP contribution in [0.5, 0.6) is 5.75 Å². The van der Waals surface area contributed by atoms with Crippen LogP contribution < -0.4 is 15.8 Å². The van der Waals surface area contributed by atoms with Crippen LogP contribution in [0, 0.1) is 5.92 Å². The van der Waals surface area contributed by atoms with Gasteiger partial charge in [0.05, 0.1) is 0 Å². The number of nitrogens with one attached hydrogen (secondary N) is 1. The smallest absolute Gasteiger partial charge is 0.227 e. The van der Waals surface area contributed by atoms with E-state index < -0.39 is 0 Å². The molecule has 1 rings (SSSR count). The number of nitrogens with two attached hydrogens (primary N) is 1. The Kier molecular flexibility index (Phi) is 7.73. The van der Waals surface area contributed by atoms with Gasteiger partial charge in [0.1, 0.15) is 12.4 Å². The highest BCUT2D eigenvalue weighted by atomic mass is 16.5. The van der Waals surface area contributed by atoms with E-state index in [1.165, 1.54) is 0 Å². The molecular weight excluding hydrogens is 252 g/mol. The van der Waals surface area contributed by atoms with Gasteiger partial charge < -0.3 is 15.8 Å². The van der Waals surface area contributed by atoms with E-state index in [1.54, 1.807) is 0 Å². The van der Waals surface area contributed by atoms with E-state index in [4.69, 9.17) is 10.5 Å². The number of unbranched alkanes of at least 4 members (excludes halogenated alkanes) is 1. The van der Waals surface area contributed by atoms with Gasteiger partial charge in [-0.3, -0.25) is 4.79 Å². The Morgan fingerprint density at radius 2 is 2.00 bits per heavy atom. The average molecular weight is 278 g/mol. The van der Waals surface area contributed by atoms with Gasteiger partial charge in [0, 0.05) is 18.2 Å². The number of amides is 1. The zero-order chi connectivity index (χ0) is 14.8. The Morgan fingerprint density at radius 1 is 1.30 bits per heavy atom. The Hall–Kier alpha value is -1.55. The van der Waals surface area contributed by atoms with Gasteiger partial charge in [-0.05, 0) is 37.1 Å². The fourth-order valence-corrected chi connectivity index (χ4v) is 2.03. The van der Waals surface area contributed by atoms with Crippen LogP contribution in [0.4, 0.5) is 5.69 Å². The number of ether oxygens (including phenoxy) is 1. The minimum Gasteiger partial charge on any atom is -0.492 e. The third kappa shape index (κ3) is 5.61. The standard InChI is InChI=1S/C16H26N2O2/c1-3-5-6-13(4-2)16(19)18-14-7-9-15(10-8-14)20-12-11-17/h7-10,13H,3-6,11-12,17H2,1-2H3,(H,18,19). The molecule has 0 aliphatic heterocycles. The van der Waals surface area contributed by atoms with Crippen LogP contribution in [-0.2, 0) is 4.79 Å². The minimum absolute atomic E-state index is 0.100. The number of carbonyl (C=O) groups excluding carboxylic acids is 1. The highest BCUT2D eigenvalue weighted by molar-refractivity contribution is 5.92. The molecule has 0 saturated carbocycles. The summed E-state index contributed by atoms with van der Waals surface area (Å²) in [5.74, 6) is 0.978. The van der Waals surface area contributed by atoms with Crippen LogP contribution in [-0.4, -0.2) is 19.1 Å². The topological polar surface area (TPSA) is 64.3 Å². The third-order valence-corrected chi connectivity index (χ3v) is 3.28. The van der Waals surface area contributed by atoms with E-state index >= 15 is 0 Å². The van der Waals surface area contributed by atoms with Gasteiger partial charge in [0.15, 0.2) is 0 Å². The molecule has 4 heteroatoms. The molecule has 1 aromatic carbocycles. The fraction of sp³-hybridized carbons (Fsp3) is 0.562. The predicted molar refractivity (Wildman–Crippen MR) is 82.9 cm³/mol. The molecule has 0 heterocycles. The summed E-state index contributed by atoms with van der Waals surface area (Å²) < 4.78 is 5.40. The molecule has 0 radical (unpaired) electrons. The average Bonchev–Trinajstić information content (AvgIpc) is 2.47. The molecule has 0 bridgehead atoms. The number of anilines is 1. The first-order chi connectivity index (χ1) is 9.71. The largest absolute Gasteiger partial charge is 0.492 e. The summed E-state index contributed by atoms with van der Waals surface area (Å²) in [5.41, 5.74) is 6.19. The van der Waals surface area contributed by atoms with Crippen LogP contribution >= 0.6 is 0 Å². The van der Waals surface area contributed by atoms with Crippen molar-refractivity contribution in [3.8, 4) is 5.75 Å². The second-order valence-electron chi connectivity index (χ2n) is 4.90. The summed E-state index contributed by atoms with van der Waals surface area (Å²) in [6.07, 6.45) is 4.05. The molecule has 1 aromatic rings. The number of rotatable bonds is 9. The van der Waals surface area contributed by atoms with Gasteiger partial charge in [0.25, 0.3) is 0 Å². The highest BCUT2D eigenvalue weighted by Crippen LogP contribution is 2.19. The summed E-state index contributed by atoms with van der Waals surface area (Å²) in [6, 6.07) is 7.41. The Bertz CT molecular complexity index is 390. The van der Waals surface area contributed by atoms with Gasteiger partial charge in [-0.15, -0.1) is 0 Å². The molecule has 1 atom stereocenters. The second kappa shape index (κ2) is 9.37. The number of benzene rings is 1. The van der Waals surface area contributed by atoms with E-state index in [0.717, 1.165) is 37.1 Å². The van der Waals surface area contributed by atoms with Crippen molar-refractivity contribution >= 4 is 11.6 Å². The molecule has 0 saturated heterocycles. The van der Waals surface area contributed by atoms with E-state index in [0.29, 0.717) is 13.2 Å². The van der Waals surface area contributed by atoms with Crippen molar-refractivity contribution in [1.82, 2.24) is 0 Å². The molecule has 3 N–H and O–H groups in total. The van der Waals surface area contributed by atoms with Crippen molar-refractivity contribution in [3.63, 3.8) is 0 Å². The quantitative estimate of drug-likeness (QED) is 0.729. The second-order valence-corrected chi connectivity index (χ2v) is 4.90. The first kappa shape index (κ1) is 16.5. The fourth-order valence-electron chi connectivity index (χ4n) is 2.03. The molecule has 0 aliphatic rings. The normalized spacial score (nSPS) is 11.9. The molecule has 0 spiro atoms. The number of hydrogen-bond donors (Lipinski definition) is 2. The molecule has 4 nitrogen and oxygen atoms in total. The zero-order valence-electron chi connectivity index (χ0n) is 12.5. The molecule has 0 aliphatic carbocycles. The van der Waals surface area contributed by atoms with Gasteiger partial charge in [0.2, 0.25) is 5.91 Å². The predicted octanol–water partition coefficient (Wildman–Crippen LogP) is 3.18. The molecule has 20 heavy (non-hydrogen) atoms. The van der Waals surface area contributed by atoms with Crippen molar-refractivity contribution in [2.24, 2.45) is 11.7 Å². The minimum atomic E-state index is 0.100. The molecule has 0 fully saturated rings. The zero-order valence-corrected chi connectivity index (χ0v) is 12.5. The molecule has 1 unspecified atom stereocenters. The SMILES string of the molecule is CCCCC(CC)C(=O)Nc1ccc(OCCN)cc1. The Balaban J connectivity index is 2.52. The summed E-state index contributed by atoms with van der Waals surface area (Å²) >= 11 is 0. The monoisotopic (exact) mass is 278 g/mol. The van der Waals surface area contributed by atoms with Crippen LogP contribution in [0.3, 0.4) is 0 Å².